The molecule has 1 aromatic heterocycles. The van der Waals surface area contributed by atoms with Crippen LogP contribution in [0.5, 0.6) is 0 Å². The van der Waals surface area contributed by atoms with E-state index in [4.69, 9.17) is 0 Å². The number of anilines is 1. The number of nitrogens with zero attached hydrogens (tertiary/aromatic N) is 2. The molecule has 0 unspecified atom stereocenters. The van der Waals surface area contributed by atoms with Crippen LogP contribution in [0.4, 0.5) is 10.2 Å². The summed E-state index contributed by atoms with van der Waals surface area (Å²) in [6.07, 6.45) is 1.67. The first-order valence-corrected chi connectivity index (χ1v) is 10.7. The number of halogens is 2. The fourth-order valence-corrected chi connectivity index (χ4v) is 4.44. The van der Waals surface area contributed by atoms with Crippen molar-refractivity contribution in [2.75, 3.05) is 4.72 Å². The third kappa shape index (κ3) is 3.93. The van der Waals surface area contributed by atoms with Gasteiger partial charge in [-0.15, -0.1) is 0 Å². The van der Waals surface area contributed by atoms with Crippen LogP contribution in [0.15, 0.2) is 82.3 Å². The van der Waals surface area contributed by atoms with Gasteiger partial charge in [-0.2, -0.15) is 5.10 Å². The molecule has 5 nitrogen and oxygen atoms in total. The van der Waals surface area contributed by atoms with Crippen molar-refractivity contribution in [3.8, 4) is 0 Å². The van der Waals surface area contributed by atoms with Crippen LogP contribution in [0.25, 0.3) is 10.8 Å². The van der Waals surface area contributed by atoms with Gasteiger partial charge in [0, 0.05) is 6.20 Å². The van der Waals surface area contributed by atoms with E-state index < -0.39 is 10.0 Å². The van der Waals surface area contributed by atoms with Crippen molar-refractivity contribution in [3.05, 3.63) is 88.8 Å². The molecule has 0 aliphatic heterocycles. The molecule has 0 amide bonds. The lowest BCUT2D eigenvalue weighted by Crippen LogP contribution is -2.14. The smallest absolute Gasteiger partial charge is 0.263 e. The van der Waals surface area contributed by atoms with E-state index in [9.17, 15) is 12.8 Å². The van der Waals surface area contributed by atoms with E-state index in [2.05, 4.69) is 25.8 Å². The van der Waals surface area contributed by atoms with Gasteiger partial charge in [-0.25, -0.2) is 12.8 Å². The van der Waals surface area contributed by atoms with Gasteiger partial charge >= 0.3 is 0 Å². The molecule has 0 aliphatic carbocycles. The van der Waals surface area contributed by atoms with E-state index >= 15 is 0 Å². The first-order chi connectivity index (χ1) is 13.4. The van der Waals surface area contributed by atoms with Crippen molar-refractivity contribution in [3.63, 3.8) is 0 Å². The Hall–Kier alpha value is -2.71. The standard InChI is InChI=1S/C20H15BrFN3O2S/c21-19-13-25(12-14-5-8-17(22)9-6-14)23-20(19)24-28(26,27)18-10-7-15-3-1-2-4-16(15)11-18/h1-11,13H,12H2,(H,23,24). The van der Waals surface area contributed by atoms with E-state index in [0.717, 1.165) is 16.3 Å². The quantitative estimate of drug-likeness (QED) is 0.466. The van der Waals surface area contributed by atoms with Gasteiger partial charge in [0.15, 0.2) is 5.82 Å². The molecule has 0 spiro atoms. The maximum Gasteiger partial charge on any atom is 0.263 e. The molecular weight excluding hydrogens is 445 g/mol. The van der Waals surface area contributed by atoms with Gasteiger partial charge in [-0.05, 0) is 56.5 Å². The number of rotatable bonds is 5. The van der Waals surface area contributed by atoms with Crippen LogP contribution in [-0.4, -0.2) is 18.2 Å². The number of sulfonamides is 1. The summed E-state index contributed by atoms with van der Waals surface area (Å²) >= 11 is 3.34. The number of benzene rings is 3. The monoisotopic (exact) mass is 459 g/mol. The third-order valence-corrected chi connectivity index (χ3v) is 6.15. The second-order valence-corrected chi connectivity index (χ2v) is 8.80. The Morgan fingerprint density at radius 3 is 2.46 bits per heavy atom. The SMILES string of the molecule is O=S(=O)(Nc1nn(Cc2ccc(F)cc2)cc1Br)c1ccc2ccccc2c1. The van der Waals surface area contributed by atoms with Crippen molar-refractivity contribution >= 4 is 42.5 Å². The van der Waals surface area contributed by atoms with Crippen LogP contribution >= 0.6 is 15.9 Å². The van der Waals surface area contributed by atoms with Gasteiger partial charge in [0.05, 0.1) is 15.9 Å². The molecular formula is C20H15BrFN3O2S. The zero-order chi connectivity index (χ0) is 19.7. The molecule has 8 heteroatoms. The highest BCUT2D eigenvalue weighted by molar-refractivity contribution is 9.10. The number of hydrogen-bond donors (Lipinski definition) is 1. The van der Waals surface area contributed by atoms with E-state index in [1.165, 1.54) is 12.1 Å². The summed E-state index contributed by atoms with van der Waals surface area (Å²) in [6, 6.07) is 18.6. The Morgan fingerprint density at radius 1 is 1.00 bits per heavy atom. The fourth-order valence-electron chi connectivity index (χ4n) is 2.84. The maximum atomic E-state index is 13.0. The van der Waals surface area contributed by atoms with Gasteiger partial charge in [0.25, 0.3) is 10.0 Å². The summed E-state index contributed by atoms with van der Waals surface area (Å²) in [5.41, 5.74) is 0.848. The fraction of sp³-hybridized carbons (Fsp3) is 0.0500. The summed E-state index contributed by atoms with van der Waals surface area (Å²) in [7, 11) is -3.80. The Labute approximate surface area is 170 Å². The minimum Gasteiger partial charge on any atom is -0.265 e. The highest BCUT2D eigenvalue weighted by Gasteiger charge is 2.18. The zero-order valence-electron chi connectivity index (χ0n) is 14.5. The van der Waals surface area contributed by atoms with Gasteiger partial charge in [0.2, 0.25) is 0 Å². The van der Waals surface area contributed by atoms with Crippen LogP contribution in [0, 0.1) is 5.82 Å². The van der Waals surface area contributed by atoms with Crippen molar-refractivity contribution in [2.24, 2.45) is 0 Å². The first-order valence-electron chi connectivity index (χ1n) is 8.40. The van der Waals surface area contributed by atoms with Gasteiger partial charge in [0.1, 0.15) is 5.82 Å². The summed E-state index contributed by atoms with van der Waals surface area (Å²) in [4.78, 5) is 0.159. The molecule has 0 fully saturated rings. The highest BCUT2D eigenvalue weighted by Crippen LogP contribution is 2.25. The third-order valence-electron chi connectivity index (χ3n) is 4.24. The summed E-state index contributed by atoms with van der Waals surface area (Å²) in [5.74, 6) is -0.121. The lowest BCUT2D eigenvalue weighted by atomic mass is 10.1. The lowest BCUT2D eigenvalue weighted by Gasteiger charge is -2.07. The van der Waals surface area contributed by atoms with Crippen LogP contribution in [0.1, 0.15) is 5.56 Å². The molecule has 142 valence electrons. The second-order valence-electron chi connectivity index (χ2n) is 6.26. The molecule has 28 heavy (non-hydrogen) atoms. The van der Waals surface area contributed by atoms with E-state index in [1.54, 1.807) is 41.2 Å². The van der Waals surface area contributed by atoms with E-state index in [1.807, 2.05) is 24.3 Å². The minimum atomic E-state index is -3.80. The predicted octanol–water partition coefficient (Wildman–Crippen LogP) is 4.79. The molecule has 0 saturated heterocycles. The minimum absolute atomic E-state index is 0.159. The van der Waals surface area contributed by atoms with E-state index in [-0.39, 0.29) is 16.5 Å². The van der Waals surface area contributed by atoms with E-state index in [0.29, 0.717) is 11.0 Å². The summed E-state index contributed by atoms with van der Waals surface area (Å²) in [5, 5.41) is 6.09. The molecule has 0 atom stereocenters. The number of fused-ring (bicyclic) bond motifs is 1. The van der Waals surface area contributed by atoms with Crippen molar-refractivity contribution < 1.29 is 12.8 Å². The first kappa shape index (κ1) is 18.6. The molecule has 0 aliphatic rings. The Balaban J connectivity index is 1.58. The molecule has 0 radical (unpaired) electrons. The van der Waals surface area contributed by atoms with Gasteiger partial charge < -0.3 is 0 Å². The molecule has 4 rings (SSSR count). The van der Waals surface area contributed by atoms with Crippen LogP contribution in [-0.2, 0) is 16.6 Å². The van der Waals surface area contributed by atoms with Crippen LogP contribution in [0.3, 0.4) is 0 Å². The summed E-state index contributed by atoms with van der Waals surface area (Å²) < 4.78 is 43.2. The topological polar surface area (TPSA) is 64.0 Å². The molecule has 0 bridgehead atoms. The summed E-state index contributed by atoms with van der Waals surface area (Å²) in [6.45, 7) is 0.385. The Morgan fingerprint density at radius 2 is 1.71 bits per heavy atom. The number of aromatic nitrogens is 2. The average Bonchev–Trinajstić information content (AvgIpc) is 3.01. The molecule has 4 aromatic rings. The van der Waals surface area contributed by atoms with Crippen molar-refractivity contribution in [2.45, 2.75) is 11.4 Å². The zero-order valence-corrected chi connectivity index (χ0v) is 16.9. The highest BCUT2D eigenvalue weighted by atomic mass is 79.9. The lowest BCUT2D eigenvalue weighted by molar-refractivity contribution is 0.600. The van der Waals surface area contributed by atoms with Gasteiger partial charge in [-0.3, -0.25) is 9.40 Å². The average molecular weight is 460 g/mol. The molecule has 0 saturated carbocycles. The number of nitrogens with one attached hydrogen (secondary N) is 1. The predicted molar refractivity (Wildman–Crippen MR) is 110 cm³/mol. The normalized spacial score (nSPS) is 11.6. The molecule has 3 aromatic carbocycles. The second kappa shape index (κ2) is 7.37. The Bertz CT molecular complexity index is 1250. The van der Waals surface area contributed by atoms with Crippen LogP contribution < -0.4 is 4.72 Å². The maximum absolute atomic E-state index is 13.0. The molecule has 1 heterocycles. The Kier molecular flexibility index (Phi) is 4.91. The largest absolute Gasteiger partial charge is 0.265 e. The van der Waals surface area contributed by atoms with Crippen molar-refractivity contribution in [1.82, 2.24) is 9.78 Å². The van der Waals surface area contributed by atoms with Crippen molar-refractivity contribution in [1.29, 1.82) is 0 Å². The molecule has 1 N–H and O–H groups in total. The van der Waals surface area contributed by atoms with Gasteiger partial charge in [-0.1, -0.05) is 42.5 Å². The number of hydrogen-bond acceptors (Lipinski definition) is 3. The van der Waals surface area contributed by atoms with Crippen LogP contribution in [0.2, 0.25) is 0 Å².